The van der Waals surface area contributed by atoms with E-state index in [0.29, 0.717) is 27.8 Å². The minimum Gasteiger partial charge on any atom is -0.274 e. The zero-order chi connectivity index (χ0) is 30.8. The van der Waals surface area contributed by atoms with Crippen molar-refractivity contribution in [2.24, 2.45) is 11.8 Å². The number of carbonyl (C=O) groups is 4. The molecule has 0 aromatic heterocycles. The summed E-state index contributed by atoms with van der Waals surface area (Å²) in [5.41, 5.74) is 8.28. The van der Waals surface area contributed by atoms with Crippen molar-refractivity contribution in [2.75, 3.05) is 0 Å². The molecule has 7 nitrogen and oxygen atoms in total. The molecule has 4 aliphatic rings. The van der Waals surface area contributed by atoms with Gasteiger partial charge in [0.2, 0.25) is 11.8 Å². The van der Waals surface area contributed by atoms with Gasteiger partial charge >= 0.3 is 0 Å². The van der Waals surface area contributed by atoms with E-state index in [-0.39, 0.29) is 17.0 Å². The van der Waals surface area contributed by atoms with Gasteiger partial charge in [0.05, 0.1) is 22.4 Å². The molecule has 1 fully saturated rings. The lowest BCUT2D eigenvalue weighted by Gasteiger charge is -2.54. The van der Waals surface area contributed by atoms with Gasteiger partial charge < -0.3 is 0 Å². The Morgan fingerprint density at radius 2 is 1.14 bits per heavy atom. The summed E-state index contributed by atoms with van der Waals surface area (Å²) in [5, 5.41) is 0.198. The van der Waals surface area contributed by atoms with Crippen molar-refractivity contribution < 1.29 is 19.2 Å². The summed E-state index contributed by atoms with van der Waals surface area (Å²) in [6.07, 6.45) is -0.00394. The highest BCUT2D eigenvalue weighted by atomic mass is 35.5. The maximum absolute atomic E-state index is 14.5. The Bertz CT molecular complexity index is 1740. The van der Waals surface area contributed by atoms with Crippen LogP contribution in [0.2, 0.25) is 5.02 Å². The van der Waals surface area contributed by atoms with Crippen LogP contribution < -0.4 is 10.9 Å². The third kappa shape index (κ3) is 3.96. The van der Waals surface area contributed by atoms with Crippen molar-refractivity contribution in [2.45, 2.75) is 22.2 Å². The number of likely N-dealkylation sites (tertiary alicyclic amines) is 1. The molecule has 10 heteroatoms. The molecule has 4 aromatic carbocycles. The molecule has 0 unspecified atom stereocenters. The molecule has 8 rings (SSSR count). The van der Waals surface area contributed by atoms with Crippen LogP contribution in [-0.2, 0) is 30.6 Å². The topological polar surface area (TPSA) is 95.6 Å². The SMILES string of the molecule is O=C(NNC(=O)[C@@H](Cc1ccccc1)N1C(=O)[C@@H]2[C@H](C1=O)C1(Cl)c3ccccc3C2(Cl)c2ccccc21)c1ccccc1Cl. The highest BCUT2D eigenvalue weighted by molar-refractivity contribution is 6.36. The van der Waals surface area contributed by atoms with Gasteiger partial charge in [-0.05, 0) is 39.9 Å². The number of carbonyl (C=O) groups excluding carboxylic acids is 4. The fourth-order valence-electron chi connectivity index (χ4n) is 7.05. The van der Waals surface area contributed by atoms with Crippen molar-refractivity contribution >= 4 is 58.4 Å². The van der Waals surface area contributed by atoms with Gasteiger partial charge in [-0.3, -0.25) is 34.9 Å². The Morgan fingerprint density at radius 3 is 1.64 bits per heavy atom. The molecule has 3 aliphatic carbocycles. The number of imide groups is 1. The predicted molar refractivity (Wildman–Crippen MR) is 166 cm³/mol. The molecule has 4 amide bonds. The maximum Gasteiger partial charge on any atom is 0.271 e. The predicted octanol–water partition coefficient (Wildman–Crippen LogP) is 5.31. The van der Waals surface area contributed by atoms with Gasteiger partial charge in [-0.15, -0.1) is 23.2 Å². The first-order valence-electron chi connectivity index (χ1n) is 14.0. The van der Waals surface area contributed by atoms with Gasteiger partial charge in [0.1, 0.15) is 15.8 Å². The average Bonchev–Trinajstić information content (AvgIpc) is 3.32. The second kappa shape index (κ2) is 10.5. The zero-order valence-corrected chi connectivity index (χ0v) is 25.2. The van der Waals surface area contributed by atoms with Gasteiger partial charge in [-0.2, -0.15) is 0 Å². The van der Waals surface area contributed by atoms with Gasteiger partial charge in [-0.1, -0.05) is 103 Å². The molecular weight excluding hydrogens is 621 g/mol. The number of benzene rings is 4. The average molecular weight is 645 g/mol. The van der Waals surface area contributed by atoms with Crippen LogP contribution in [0.4, 0.5) is 0 Å². The van der Waals surface area contributed by atoms with E-state index in [2.05, 4.69) is 10.9 Å². The minimum atomic E-state index is -1.39. The van der Waals surface area contributed by atoms with E-state index in [1.54, 1.807) is 42.5 Å². The van der Waals surface area contributed by atoms with E-state index in [0.717, 1.165) is 4.90 Å². The summed E-state index contributed by atoms with van der Waals surface area (Å²) >= 11 is 21.3. The quantitative estimate of drug-likeness (QED) is 0.175. The third-order valence-corrected chi connectivity index (χ3v) is 10.5. The number of alkyl halides is 2. The first-order chi connectivity index (χ1) is 21.2. The highest BCUT2D eigenvalue weighted by Crippen LogP contribution is 2.69. The second-order valence-electron chi connectivity index (χ2n) is 11.1. The lowest BCUT2D eigenvalue weighted by Crippen LogP contribution is -2.57. The molecular formula is C34H24Cl3N3O4. The number of hydrogen-bond donors (Lipinski definition) is 2. The smallest absolute Gasteiger partial charge is 0.271 e. The molecule has 0 radical (unpaired) electrons. The third-order valence-electron chi connectivity index (χ3n) is 8.92. The highest BCUT2D eigenvalue weighted by Gasteiger charge is 2.73. The van der Waals surface area contributed by atoms with Gasteiger partial charge in [-0.25, -0.2) is 0 Å². The Hall–Kier alpha value is -4.17. The van der Waals surface area contributed by atoms with Crippen molar-refractivity contribution in [1.82, 2.24) is 15.8 Å². The van der Waals surface area contributed by atoms with Crippen LogP contribution in [0.3, 0.4) is 0 Å². The van der Waals surface area contributed by atoms with Crippen LogP contribution in [0.5, 0.6) is 0 Å². The van der Waals surface area contributed by atoms with Crippen LogP contribution in [0.1, 0.15) is 38.2 Å². The number of nitrogens with one attached hydrogen (secondary N) is 2. The van der Waals surface area contributed by atoms with Gasteiger partial charge in [0, 0.05) is 6.42 Å². The molecule has 1 saturated heterocycles. The summed E-state index contributed by atoms with van der Waals surface area (Å²) in [4.78, 5) is 54.0. The van der Waals surface area contributed by atoms with Crippen molar-refractivity contribution in [3.63, 3.8) is 0 Å². The lowest BCUT2D eigenvalue weighted by atomic mass is 9.54. The number of nitrogens with zero attached hydrogens (tertiary/aromatic N) is 1. The van der Waals surface area contributed by atoms with E-state index in [4.69, 9.17) is 34.8 Å². The van der Waals surface area contributed by atoms with Crippen molar-refractivity contribution in [1.29, 1.82) is 0 Å². The van der Waals surface area contributed by atoms with E-state index in [1.165, 1.54) is 6.07 Å². The van der Waals surface area contributed by atoms with Crippen molar-refractivity contribution in [3.8, 4) is 0 Å². The number of amides is 4. The standard InChI is InChI=1S/C34H24Cl3N3O4/c35-25-17-9-4-12-20(25)29(41)38-39-30(42)26(18-19-10-2-1-3-11-19)40-31(43)27-28(32(40)44)34(37)22-14-6-5-13-21(22)33(27,36)23-15-7-8-16-24(23)34/h1-17,26-28H,18H2,(H,38,41)(H,39,42)/t26-,27-,28+,33?,34?/m1/s1. The molecule has 220 valence electrons. The summed E-state index contributed by atoms with van der Waals surface area (Å²) < 4.78 is 0. The molecule has 4 aromatic rings. The monoisotopic (exact) mass is 643 g/mol. The largest absolute Gasteiger partial charge is 0.274 e. The number of halogens is 3. The fraction of sp³-hybridized carbons (Fsp3) is 0.176. The summed E-state index contributed by atoms with van der Waals surface area (Å²) in [7, 11) is 0. The normalized spacial score (nSPS) is 25.1. The van der Waals surface area contributed by atoms with Crippen LogP contribution in [-0.4, -0.2) is 34.6 Å². The summed E-state index contributed by atoms with van der Waals surface area (Å²) in [6, 6.07) is 28.7. The zero-order valence-electron chi connectivity index (χ0n) is 23.0. The summed E-state index contributed by atoms with van der Waals surface area (Å²) in [5.74, 6) is -4.75. The molecule has 1 aliphatic heterocycles. The Kier molecular flexibility index (Phi) is 6.81. The molecule has 1 heterocycles. The molecule has 3 atom stereocenters. The van der Waals surface area contributed by atoms with Gasteiger partial charge in [0.15, 0.2) is 0 Å². The maximum atomic E-state index is 14.5. The Morgan fingerprint density at radius 1 is 0.682 bits per heavy atom. The van der Waals surface area contributed by atoms with Crippen LogP contribution in [0, 0.1) is 11.8 Å². The van der Waals surface area contributed by atoms with E-state index in [1.807, 2.05) is 54.6 Å². The Labute approximate surface area is 268 Å². The van der Waals surface area contributed by atoms with Crippen molar-refractivity contribution in [3.05, 3.63) is 142 Å². The molecule has 0 saturated carbocycles. The minimum absolute atomic E-state index is 0.00394. The molecule has 0 spiro atoms. The first-order valence-corrected chi connectivity index (χ1v) is 15.2. The summed E-state index contributed by atoms with van der Waals surface area (Å²) in [6.45, 7) is 0. The molecule has 44 heavy (non-hydrogen) atoms. The fourth-order valence-corrected chi connectivity index (χ4v) is 8.37. The second-order valence-corrected chi connectivity index (χ2v) is 12.7. The number of rotatable bonds is 5. The number of hydrogen-bond acceptors (Lipinski definition) is 4. The van der Waals surface area contributed by atoms with E-state index < -0.39 is 51.3 Å². The first kappa shape index (κ1) is 28.6. The van der Waals surface area contributed by atoms with E-state index in [9.17, 15) is 19.2 Å². The molecule has 2 bridgehead atoms. The van der Waals surface area contributed by atoms with Crippen LogP contribution >= 0.6 is 34.8 Å². The lowest BCUT2D eigenvalue weighted by molar-refractivity contribution is -0.148. The number of hydrazine groups is 1. The van der Waals surface area contributed by atoms with Gasteiger partial charge in [0.25, 0.3) is 11.8 Å². The van der Waals surface area contributed by atoms with Crippen LogP contribution in [0.15, 0.2) is 103 Å². The Balaban J connectivity index is 1.29. The molecule has 2 N–H and O–H groups in total. The van der Waals surface area contributed by atoms with E-state index >= 15 is 0 Å². The van der Waals surface area contributed by atoms with Crippen LogP contribution in [0.25, 0.3) is 0 Å².